The summed E-state index contributed by atoms with van der Waals surface area (Å²) in [6.45, 7) is 6.86. The number of thiazole rings is 1. The first-order valence-electron chi connectivity index (χ1n) is 10.5. The summed E-state index contributed by atoms with van der Waals surface area (Å²) in [6, 6.07) is 4.01. The van der Waals surface area contributed by atoms with E-state index in [0.29, 0.717) is 25.9 Å². The van der Waals surface area contributed by atoms with E-state index in [1.54, 1.807) is 17.5 Å². The summed E-state index contributed by atoms with van der Waals surface area (Å²) in [6.07, 6.45) is 6.50. The summed E-state index contributed by atoms with van der Waals surface area (Å²) < 4.78 is 0. The third-order valence-corrected chi connectivity index (χ3v) is 6.68. The SMILES string of the molecule is CCC(CC)C(=O)N1CCC(O)(c2csc(CN(C)Cc3cccnc3)n2)CC1. The molecule has 1 N–H and O–H groups in total. The summed E-state index contributed by atoms with van der Waals surface area (Å²) in [5.74, 6) is 0.329. The molecule has 7 heteroatoms. The predicted molar refractivity (Wildman–Crippen MR) is 115 cm³/mol. The van der Waals surface area contributed by atoms with Crippen LogP contribution in [0.25, 0.3) is 0 Å². The van der Waals surface area contributed by atoms with Gasteiger partial charge < -0.3 is 10.0 Å². The Kier molecular flexibility index (Phi) is 7.38. The van der Waals surface area contributed by atoms with Gasteiger partial charge in [-0.15, -0.1) is 11.3 Å². The molecule has 2 aromatic heterocycles. The Hall–Kier alpha value is -1.83. The molecule has 1 amide bonds. The Balaban J connectivity index is 1.56. The molecule has 3 heterocycles. The average molecular weight is 417 g/mol. The third kappa shape index (κ3) is 5.41. The molecule has 0 unspecified atom stereocenters. The highest BCUT2D eigenvalue weighted by Crippen LogP contribution is 2.34. The smallest absolute Gasteiger partial charge is 0.225 e. The fourth-order valence-electron chi connectivity index (χ4n) is 3.94. The van der Waals surface area contributed by atoms with E-state index in [0.717, 1.165) is 36.6 Å². The Morgan fingerprint density at radius 2 is 2.03 bits per heavy atom. The van der Waals surface area contributed by atoms with Crippen molar-refractivity contribution in [1.29, 1.82) is 0 Å². The van der Waals surface area contributed by atoms with Gasteiger partial charge in [0.2, 0.25) is 5.91 Å². The van der Waals surface area contributed by atoms with Crippen LogP contribution in [0.2, 0.25) is 0 Å². The normalized spacial score (nSPS) is 16.6. The van der Waals surface area contributed by atoms with E-state index in [1.165, 1.54) is 5.56 Å². The summed E-state index contributed by atoms with van der Waals surface area (Å²) >= 11 is 1.59. The second-order valence-electron chi connectivity index (χ2n) is 8.03. The molecule has 0 saturated carbocycles. The molecule has 0 bridgehead atoms. The van der Waals surface area contributed by atoms with E-state index in [9.17, 15) is 9.90 Å². The van der Waals surface area contributed by atoms with Crippen LogP contribution >= 0.6 is 11.3 Å². The Bertz CT molecular complexity index is 783. The van der Waals surface area contributed by atoms with Gasteiger partial charge in [-0.05, 0) is 44.4 Å². The van der Waals surface area contributed by atoms with E-state index in [2.05, 4.69) is 36.8 Å². The maximum atomic E-state index is 12.6. The zero-order valence-electron chi connectivity index (χ0n) is 17.7. The highest BCUT2D eigenvalue weighted by Gasteiger charge is 2.38. The molecule has 3 rings (SSSR count). The van der Waals surface area contributed by atoms with Crippen molar-refractivity contribution in [2.24, 2.45) is 5.92 Å². The molecule has 29 heavy (non-hydrogen) atoms. The number of nitrogens with zero attached hydrogens (tertiary/aromatic N) is 4. The van der Waals surface area contributed by atoms with Crippen molar-refractivity contribution < 1.29 is 9.90 Å². The Morgan fingerprint density at radius 3 is 2.66 bits per heavy atom. The van der Waals surface area contributed by atoms with Crippen molar-refractivity contribution in [3.63, 3.8) is 0 Å². The number of aliphatic hydroxyl groups is 1. The quantitative estimate of drug-likeness (QED) is 0.714. The van der Waals surface area contributed by atoms with Crippen LogP contribution in [0.4, 0.5) is 0 Å². The lowest BCUT2D eigenvalue weighted by Gasteiger charge is -2.38. The minimum absolute atomic E-state index is 0.0995. The lowest BCUT2D eigenvalue weighted by molar-refractivity contribution is -0.140. The van der Waals surface area contributed by atoms with Gasteiger partial charge in [0.25, 0.3) is 0 Å². The number of hydrogen-bond donors (Lipinski definition) is 1. The second kappa shape index (κ2) is 9.78. The first-order chi connectivity index (χ1) is 13.9. The van der Waals surface area contributed by atoms with Crippen molar-refractivity contribution in [3.05, 3.63) is 46.2 Å². The largest absolute Gasteiger partial charge is 0.383 e. The Labute approximate surface area is 177 Å². The molecule has 0 atom stereocenters. The van der Waals surface area contributed by atoms with Crippen LogP contribution in [0.1, 0.15) is 55.8 Å². The number of piperidine rings is 1. The topological polar surface area (TPSA) is 69.6 Å². The molecular weight excluding hydrogens is 384 g/mol. The molecule has 6 nitrogen and oxygen atoms in total. The molecule has 0 radical (unpaired) electrons. The Morgan fingerprint density at radius 1 is 1.31 bits per heavy atom. The first kappa shape index (κ1) is 21.9. The van der Waals surface area contributed by atoms with Crippen molar-refractivity contribution in [2.75, 3.05) is 20.1 Å². The minimum atomic E-state index is -0.929. The van der Waals surface area contributed by atoms with Crippen LogP contribution in [0.3, 0.4) is 0 Å². The number of carbonyl (C=O) groups is 1. The van der Waals surface area contributed by atoms with Gasteiger partial charge in [-0.2, -0.15) is 0 Å². The second-order valence-corrected chi connectivity index (χ2v) is 8.97. The third-order valence-electron chi connectivity index (χ3n) is 5.85. The van der Waals surface area contributed by atoms with Crippen molar-refractivity contribution in [2.45, 2.75) is 58.2 Å². The summed E-state index contributed by atoms with van der Waals surface area (Å²) in [5, 5.41) is 14.1. The average Bonchev–Trinajstić information content (AvgIpc) is 3.19. The van der Waals surface area contributed by atoms with E-state index in [1.807, 2.05) is 22.5 Å². The summed E-state index contributed by atoms with van der Waals surface area (Å²) in [5.41, 5.74) is 0.989. The number of pyridine rings is 1. The van der Waals surface area contributed by atoms with Gasteiger partial charge in [-0.25, -0.2) is 4.98 Å². The molecule has 0 spiro atoms. The first-order valence-corrected chi connectivity index (χ1v) is 11.4. The highest BCUT2D eigenvalue weighted by atomic mass is 32.1. The minimum Gasteiger partial charge on any atom is -0.383 e. The van der Waals surface area contributed by atoms with Gasteiger partial charge in [0, 0.05) is 43.3 Å². The molecule has 1 aliphatic rings. The summed E-state index contributed by atoms with van der Waals surface area (Å²) in [4.78, 5) is 25.6. The van der Waals surface area contributed by atoms with E-state index in [4.69, 9.17) is 4.98 Å². The number of hydrogen-bond acceptors (Lipinski definition) is 6. The number of likely N-dealkylation sites (tertiary alicyclic amines) is 1. The van der Waals surface area contributed by atoms with Gasteiger partial charge in [-0.1, -0.05) is 19.9 Å². The van der Waals surface area contributed by atoms with E-state index < -0.39 is 5.60 Å². The molecule has 1 fully saturated rings. The fraction of sp³-hybridized carbons (Fsp3) is 0.591. The number of amides is 1. The number of aromatic nitrogens is 2. The van der Waals surface area contributed by atoms with Gasteiger partial charge in [0.05, 0.1) is 12.2 Å². The van der Waals surface area contributed by atoms with Gasteiger partial charge in [-0.3, -0.25) is 14.7 Å². The van der Waals surface area contributed by atoms with Crippen LogP contribution in [-0.4, -0.2) is 50.9 Å². The van der Waals surface area contributed by atoms with Crippen LogP contribution in [-0.2, 0) is 23.5 Å². The van der Waals surface area contributed by atoms with E-state index in [-0.39, 0.29) is 11.8 Å². The highest BCUT2D eigenvalue weighted by molar-refractivity contribution is 7.09. The summed E-state index contributed by atoms with van der Waals surface area (Å²) in [7, 11) is 2.06. The van der Waals surface area contributed by atoms with Crippen LogP contribution < -0.4 is 0 Å². The maximum absolute atomic E-state index is 12.6. The van der Waals surface area contributed by atoms with Crippen LogP contribution in [0.15, 0.2) is 29.9 Å². The van der Waals surface area contributed by atoms with Gasteiger partial charge >= 0.3 is 0 Å². The molecule has 1 aliphatic heterocycles. The monoisotopic (exact) mass is 416 g/mol. The van der Waals surface area contributed by atoms with Crippen LogP contribution in [0.5, 0.6) is 0 Å². The molecule has 1 saturated heterocycles. The molecule has 0 aromatic carbocycles. The van der Waals surface area contributed by atoms with Crippen molar-refractivity contribution >= 4 is 17.2 Å². The number of rotatable bonds is 8. The molecule has 158 valence electrons. The molecule has 0 aliphatic carbocycles. The molecular formula is C22H32N4O2S. The fourth-order valence-corrected chi connectivity index (χ4v) is 4.90. The standard InChI is InChI=1S/C22H32N4O2S/c1-4-18(5-2)21(27)26-11-8-22(28,9-12-26)19-16-29-20(24-19)15-25(3)14-17-7-6-10-23-13-17/h6-7,10,13,16,18,28H,4-5,8-9,11-12,14-15H2,1-3H3. The lowest BCUT2D eigenvalue weighted by atomic mass is 9.88. The number of carbonyl (C=O) groups excluding carboxylic acids is 1. The van der Waals surface area contributed by atoms with Gasteiger partial charge in [0.1, 0.15) is 10.6 Å². The van der Waals surface area contributed by atoms with Gasteiger partial charge in [0.15, 0.2) is 0 Å². The van der Waals surface area contributed by atoms with Crippen molar-refractivity contribution in [1.82, 2.24) is 19.8 Å². The van der Waals surface area contributed by atoms with Crippen LogP contribution in [0, 0.1) is 5.92 Å². The zero-order valence-corrected chi connectivity index (χ0v) is 18.5. The van der Waals surface area contributed by atoms with Crippen molar-refractivity contribution in [3.8, 4) is 0 Å². The van der Waals surface area contributed by atoms with E-state index >= 15 is 0 Å². The maximum Gasteiger partial charge on any atom is 0.225 e. The predicted octanol–water partition coefficient (Wildman–Crippen LogP) is 3.42. The molecule has 2 aromatic rings. The lowest BCUT2D eigenvalue weighted by Crippen LogP contribution is -2.47. The zero-order chi connectivity index (χ0) is 20.9.